The first-order chi connectivity index (χ1) is 11.2. The summed E-state index contributed by atoms with van der Waals surface area (Å²) >= 11 is 1.65. The predicted molar refractivity (Wildman–Crippen MR) is 92.3 cm³/mol. The molecule has 2 amide bonds. The molecule has 1 fully saturated rings. The monoisotopic (exact) mass is 330 g/mol. The van der Waals surface area contributed by atoms with Gasteiger partial charge in [0, 0.05) is 18.0 Å². The number of urea groups is 1. The number of hydrogen-bond donors (Lipinski definition) is 2. The highest BCUT2D eigenvalue weighted by atomic mass is 32.1. The fraction of sp³-hybridized carbons (Fsp3) is 0.389. The van der Waals surface area contributed by atoms with Crippen LogP contribution in [0, 0.1) is 5.92 Å². The van der Waals surface area contributed by atoms with Crippen LogP contribution in [0.1, 0.15) is 29.4 Å². The van der Waals surface area contributed by atoms with Crippen LogP contribution in [0.3, 0.4) is 0 Å². The van der Waals surface area contributed by atoms with Gasteiger partial charge < -0.3 is 15.3 Å². The SMILES string of the molecule is O=C(NCc1cccs1)N1CCC(C(O)c2ccccc2)CC1. The van der Waals surface area contributed by atoms with Crippen LogP contribution in [0.15, 0.2) is 47.8 Å². The zero-order valence-corrected chi connectivity index (χ0v) is 13.8. The van der Waals surface area contributed by atoms with E-state index in [1.807, 2.05) is 52.7 Å². The van der Waals surface area contributed by atoms with E-state index in [0.29, 0.717) is 19.6 Å². The first-order valence-corrected chi connectivity index (χ1v) is 8.90. The minimum atomic E-state index is -0.437. The number of nitrogens with zero attached hydrogens (tertiary/aromatic N) is 1. The molecule has 1 aliphatic rings. The molecular weight excluding hydrogens is 308 g/mol. The van der Waals surface area contributed by atoms with E-state index in [1.54, 1.807) is 11.3 Å². The van der Waals surface area contributed by atoms with Crippen LogP contribution in [0.25, 0.3) is 0 Å². The number of benzene rings is 1. The molecule has 1 aromatic heterocycles. The Hall–Kier alpha value is -1.85. The number of hydrogen-bond acceptors (Lipinski definition) is 3. The molecule has 3 rings (SSSR count). The maximum atomic E-state index is 12.2. The zero-order chi connectivity index (χ0) is 16.1. The third-order valence-corrected chi connectivity index (χ3v) is 5.28. The molecule has 5 heteroatoms. The number of nitrogens with one attached hydrogen (secondary N) is 1. The summed E-state index contributed by atoms with van der Waals surface area (Å²) in [4.78, 5) is 15.2. The topological polar surface area (TPSA) is 52.6 Å². The van der Waals surface area contributed by atoms with Crippen molar-refractivity contribution in [3.63, 3.8) is 0 Å². The van der Waals surface area contributed by atoms with Gasteiger partial charge in [0.15, 0.2) is 0 Å². The normalized spacial score (nSPS) is 17.0. The van der Waals surface area contributed by atoms with Gasteiger partial charge in [-0.15, -0.1) is 11.3 Å². The van der Waals surface area contributed by atoms with Crippen molar-refractivity contribution >= 4 is 17.4 Å². The summed E-state index contributed by atoms with van der Waals surface area (Å²) in [6, 6.07) is 13.8. The third kappa shape index (κ3) is 4.12. The van der Waals surface area contributed by atoms with Crippen molar-refractivity contribution in [1.29, 1.82) is 0 Å². The maximum absolute atomic E-state index is 12.2. The number of carbonyl (C=O) groups is 1. The Balaban J connectivity index is 1.47. The first kappa shape index (κ1) is 16.0. The number of likely N-dealkylation sites (tertiary alicyclic amines) is 1. The van der Waals surface area contributed by atoms with E-state index in [1.165, 1.54) is 0 Å². The summed E-state index contributed by atoms with van der Waals surface area (Å²) in [5.74, 6) is 0.221. The summed E-state index contributed by atoms with van der Waals surface area (Å²) in [5, 5.41) is 15.5. The van der Waals surface area contributed by atoms with Crippen molar-refractivity contribution in [1.82, 2.24) is 10.2 Å². The molecule has 2 N–H and O–H groups in total. The van der Waals surface area contributed by atoms with Gasteiger partial charge in [-0.1, -0.05) is 36.4 Å². The second-order valence-corrected chi connectivity index (χ2v) is 6.95. The average Bonchev–Trinajstić information content (AvgIpc) is 3.13. The molecule has 2 heterocycles. The van der Waals surface area contributed by atoms with E-state index in [9.17, 15) is 9.90 Å². The smallest absolute Gasteiger partial charge is 0.317 e. The summed E-state index contributed by atoms with van der Waals surface area (Å²) in [6.45, 7) is 1.98. The lowest BCUT2D eigenvalue weighted by atomic mass is 9.87. The van der Waals surface area contributed by atoms with Crippen LogP contribution in [0.2, 0.25) is 0 Å². The lowest BCUT2D eigenvalue weighted by Crippen LogP contribution is -2.44. The van der Waals surface area contributed by atoms with E-state index >= 15 is 0 Å². The maximum Gasteiger partial charge on any atom is 0.317 e. The second kappa shape index (κ2) is 7.62. The molecule has 4 nitrogen and oxygen atoms in total. The molecule has 0 saturated carbocycles. The Kier molecular flexibility index (Phi) is 5.31. The molecular formula is C18H22N2O2S. The van der Waals surface area contributed by atoms with Gasteiger partial charge in [-0.05, 0) is 35.8 Å². The van der Waals surface area contributed by atoms with Crippen molar-refractivity contribution in [2.75, 3.05) is 13.1 Å². The number of aliphatic hydroxyl groups excluding tert-OH is 1. The number of piperidine rings is 1. The standard InChI is InChI=1S/C18H22N2O2S/c21-17(14-5-2-1-3-6-14)15-8-10-20(11-9-15)18(22)19-13-16-7-4-12-23-16/h1-7,12,15,17,21H,8-11,13H2,(H,19,22). The molecule has 0 aliphatic carbocycles. The van der Waals surface area contributed by atoms with Gasteiger partial charge >= 0.3 is 6.03 Å². The molecule has 0 spiro atoms. The van der Waals surface area contributed by atoms with Crippen LogP contribution < -0.4 is 5.32 Å². The van der Waals surface area contributed by atoms with E-state index in [2.05, 4.69) is 5.32 Å². The van der Waals surface area contributed by atoms with Gasteiger partial charge in [0.2, 0.25) is 0 Å². The molecule has 1 aliphatic heterocycles. The van der Waals surface area contributed by atoms with Crippen LogP contribution in [-0.4, -0.2) is 29.1 Å². The van der Waals surface area contributed by atoms with Gasteiger partial charge in [0.25, 0.3) is 0 Å². The Morgan fingerprint density at radius 3 is 2.61 bits per heavy atom. The van der Waals surface area contributed by atoms with Crippen LogP contribution in [0.4, 0.5) is 4.79 Å². The number of rotatable bonds is 4. The molecule has 1 unspecified atom stereocenters. The summed E-state index contributed by atoms with van der Waals surface area (Å²) in [7, 11) is 0. The van der Waals surface area contributed by atoms with E-state index in [4.69, 9.17) is 0 Å². The Labute approximate surface area is 140 Å². The molecule has 0 bridgehead atoms. The van der Waals surface area contributed by atoms with Crippen molar-refractivity contribution in [2.45, 2.75) is 25.5 Å². The van der Waals surface area contributed by atoms with Crippen LogP contribution in [0.5, 0.6) is 0 Å². The van der Waals surface area contributed by atoms with Crippen molar-refractivity contribution in [2.24, 2.45) is 5.92 Å². The van der Waals surface area contributed by atoms with Crippen LogP contribution in [-0.2, 0) is 6.54 Å². The number of amides is 2. The van der Waals surface area contributed by atoms with Gasteiger partial charge in [-0.2, -0.15) is 0 Å². The van der Waals surface area contributed by atoms with E-state index in [0.717, 1.165) is 23.3 Å². The molecule has 122 valence electrons. The minimum absolute atomic E-state index is 0.00829. The lowest BCUT2D eigenvalue weighted by Gasteiger charge is -2.34. The zero-order valence-electron chi connectivity index (χ0n) is 13.0. The molecule has 1 saturated heterocycles. The quantitative estimate of drug-likeness (QED) is 0.903. The summed E-state index contributed by atoms with van der Waals surface area (Å²) < 4.78 is 0. The Morgan fingerprint density at radius 1 is 1.22 bits per heavy atom. The van der Waals surface area contributed by atoms with Crippen LogP contribution >= 0.6 is 11.3 Å². The Morgan fingerprint density at radius 2 is 1.96 bits per heavy atom. The average molecular weight is 330 g/mol. The largest absolute Gasteiger partial charge is 0.388 e. The second-order valence-electron chi connectivity index (χ2n) is 5.92. The highest BCUT2D eigenvalue weighted by Gasteiger charge is 2.28. The minimum Gasteiger partial charge on any atom is -0.388 e. The van der Waals surface area contributed by atoms with E-state index in [-0.39, 0.29) is 11.9 Å². The van der Waals surface area contributed by atoms with Gasteiger partial charge in [-0.25, -0.2) is 4.79 Å². The molecule has 1 atom stereocenters. The fourth-order valence-corrected chi connectivity index (χ4v) is 3.67. The highest BCUT2D eigenvalue weighted by Crippen LogP contribution is 2.30. The van der Waals surface area contributed by atoms with Crippen molar-refractivity contribution in [3.8, 4) is 0 Å². The van der Waals surface area contributed by atoms with Gasteiger partial charge in [0.05, 0.1) is 12.6 Å². The Bertz CT molecular complexity index is 607. The van der Waals surface area contributed by atoms with E-state index < -0.39 is 6.10 Å². The molecule has 1 aromatic carbocycles. The van der Waals surface area contributed by atoms with Gasteiger partial charge in [0.1, 0.15) is 0 Å². The van der Waals surface area contributed by atoms with Gasteiger partial charge in [-0.3, -0.25) is 0 Å². The van der Waals surface area contributed by atoms with Crippen molar-refractivity contribution in [3.05, 3.63) is 58.3 Å². The van der Waals surface area contributed by atoms with Crippen molar-refractivity contribution < 1.29 is 9.90 Å². The summed E-state index contributed by atoms with van der Waals surface area (Å²) in [5.41, 5.74) is 0.966. The number of aliphatic hydroxyl groups is 1. The highest BCUT2D eigenvalue weighted by molar-refractivity contribution is 7.09. The molecule has 0 radical (unpaired) electrons. The first-order valence-electron chi connectivity index (χ1n) is 8.02. The molecule has 23 heavy (non-hydrogen) atoms. The number of carbonyl (C=O) groups excluding carboxylic acids is 1. The fourth-order valence-electron chi connectivity index (χ4n) is 3.03. The predicted octanol–water partition coefficient (Wildman–Crippen LogP) is 3.40. The third-order valence-electron chi connectivity index (χ3n) is 4.41. The molecule has 2 aromatic rings. The lowest BCUT2D eigenvalue weighted by molar-refractivity contribution is 0.0665. The number of thiophene rings is 1. The summed E-state index contributed by atoms with van der Waals surface area (Å²) in [6.07, 6.45) is 1.23.